The molecule has 0 radical (unpaired) electrons. The van der Waals surface area contributed by atoms with Gasteiger partial charge in [0.1, 0.15) is 18.4 Å². The minimum absolute atomic E-state index is 0.0665. The summed E-state index contributed by atoms with van der Waals surface area (Å²) in [6.07, 6.45) is 0. The highest BCUT2D eigenvalue weighted by molar-refractivity contribution is 5.98. The molecule has 0 saturated carbocycles. The van der Waals surface area contributed by atoms with Gasteiger partial charge in [-0.3, -0.25) is 14.4 Å². The summed E-state index contributed by atoms with van der Waals surface area (Å²) in [6.45, 7) is 7.23. The van der Waals surface area contributed by atoms with Crippen LogP contribution in [0, 0.1) is 0 Å². The molecule has 26 heavy (non-hydrogen) atoms. The second kappa shape index (κ2) is 7.19. The van der Waals surface area contributed by atoms with Crippen molar-refractivity contribution >= 4 is 17.7 Å². The molecule has 0 aliphatic carbocycles. The quantitative estimate of drug-likeness (QED) is 0.747. The summed E-state index contributed by atoms with van der Waals surface area (Å²) >= 11 is 0. The number of benzene rings is 1. The van der Waals surface area contributed by atoms with Crippen molar-refractivity contribution in [1.29, 1.82) is 0 Å². The Labute approximate surface area is 152 Å². The molecule has 0 bridgehead atoms. The van der Waals surface area contributed by atoms with Crippen molar-refractivity contribution in [3.8, 4) is 5.75 Å². The van der Waals surface area contributed by atoms with Crippen LogP contribution in [-0.4, -0.2) is 78.3 Å². The van der Waals surface area contributed by atoms with Crippen LogP contribution in [0.25, 0.3) is 0 Å². The predicted molar refractivity (Wildman–Crippen MR) is 95.8 cm³/mol. The molecule has 2 aliphatic rings. The van der Waals surface area contributed by atoms with Gasteiger partial charge in [0.25, 0.3) is 5.91 Å². The van der Waals surface area contributed by atoms with Crippen molar-refractivity contribution in [1.82, 2.24) is 14.7 Å². The molecule has 0 N–H and O–H groups in total. The normalized spacial score (nSPS) is 20.1. The van der Waals surface area contributed by atoms with E-state index in [0.29, 0.717) is 31.0 Å². The number of ether oxygens (including phenoxy) is 1. The van der Waals surface area contributed by atoms with Crippen LogP contribution in [0.5, 0.6) is 5.75 Å². The van der Waals surface area contributed by atoms with Crippen molar-refractivity contribution < 1.29 is 19.1 Å². The van der Waals surface area contributed by atoms with Gasteiger partial charge in [-0.2, -0.15) is 0 Å². The van der Waals surface area contributed by atoms with Crippen molar-refractivity contribution in [3.63, 3.8) is 0 Å². The highest BCUT2D eigenvalue weighted by atomic mass is 16.5. The number of nitrogens with zero attached hydrogens (tertiary/aromatic N) is 3. The summed E-state index contributed by atoms with van der Waals surface area (Å²) < 4.78 is 5.54. The Hall–Kier alpha value is -2.83. The highest BCUT2D eigenvalue weighted by Crippen LogP contribution is 2.20. The fourth-order valence-corrected chi connectivity index (χ4v) is 3.19. The largest absolute Gasteiger partial charge is 0.489 e. The lowest BCUT2D eigenvalue weighted by Gasteiger charge is -2.45. The van der Waals surface area contributed by atoms with E-state index in [-0.39, 0.29) is 30.8 Å². The van der Waals surface area contributed by atoms with Gasteiger partial charge in [0.15, 0.2) is 0 Å². The fraction of sp³-hybridized carbons (Fsp3) is 0.421. The molecule has 0 spiro atoms. The molecule has 2 fully saturated rings. The molecule has 1 aromatic rings. The number of hydrogen-bond acceptors (Lipinski definition) is 4. The molecule has 0 aromatic heterocycles. The van der Waals surface area contributed by atoms with E-state index in [1.54, 1.807) is 41.1 Å². The van der Waals surface area contributed by atoms with Gasteiger partial charge in [0, 0.05) is 25.7 Å². The van der Waals surface area contributed by atoms with E-state index in [0.717, 1.165) is 5.57 Å². The van der Waals surface area contributed by atoms with E-state index < -0.39 is 6.04 Å². The van der Waals surface area contributed by atoms with Crippen molar-refractivity contribution in [3.05, 3.63) is 42.0 Å². The smallest absolute Gasteiger partial charge is 0.254 e. The Balaban J connectivity index is 1.67. The van der Waals surface area contributed by atoms with Crippen LogP contribution >= 0.6 is 0 Å². The van der Waals surface area contributed by atoms with Gasteiger partial charge in [0.2, 0.25) is 11.8 Å². The van der Waals surface area contributed by atoms with Crippen molar-refractivity contribution in [2.45, 2.75) is 13.0 Å². The number of carbonyl (C=O) groups excluding carboxylic acids is 3. The predicted octanol–water partition coefficient (Wildman–Crippen LogP) is 0.767. The van der Waals surface area contributed by atoms with E-state index in [4.69, 9.17) is 4.74 Å². The van der Waals surface area contributed by atoms with Gasteiger partial charge < -0.3 is 19.4 Å². The van der Waals surface area contributed by atoms with E-state index in [2.05, 4.69) is 6.58 Å². The molecule has 2 saturated heterocycles. The van der Waals surface area contributed by atoms with Gasteiger partial charge in [-0.25, -0.2) is 0 Å². The standard InChI is InChI=1S/C19H23N3O4/c1-13(2)12-26-15-6-4-14(5-7-15)18(24)21-8-9-22-16(10-21)19(25)20(3)11-17(22)23/h4-7,16H,1,8-12H2,2-3H3. The van der Waals surface area contributed by atoms with Crippen LogP contribution in [-0.2, 0) is 9.59 Å². The first kappa shape index (κ1) is 18.0. The lowest BCUT2D eigenvalue weighted by Crippen LogP contribution is -2.66. The van der Waals surface area contributed by atoms with Gasteiger partial charge in [-0.1, -0.05) is 6.58 Å². The first-order valence-electron chi connectivity index (χ1n) is 8.58. The van der Waals surface area contributed by atoms with Crippen molar-refractivity contribution in [2.75, 3.05) is 39.8 Å². The molecular weight excluding hydrogens is 334 g/mol. The number of likely N-dealkylation sites (N-methyl/N-ethyl adjacent to an activating group) is 1. The summed E-state index contributed by atoms with van der Waals surface area (Å²) in [5.74, 6) is 0.336. The third-order valence-electron chi connectivity index (χ3n) is 4.61. The molecule has 2 aliphatic heterocycles. The minimum atomic E-state index is -0.586. The maximum Gasteiger partial charge on any atom is 0.254 e. The SMILES string of the molecule is C=C(C)COc1ccc(C(=O)N2CCN3C(=O)CN(C)C(=O)C3C2)cc1. The molecular formula is C19H23N3O4. The molecule has 7 nitrogen and oxygen atoms in total. The van der Waals surface area contributed by atoms with Crippen LogP contribution in [0.3, 0.4) is 0 Å². The highest BCUT2D eigenvalue weighted by Gasteiger charge is 2.42. The van der Waals surface area contributed by atoms with E-state index in [1.807, 2.05) is 6.92 Å². The Morgan fingerprint density at radius 2 is 1.92 bits per heavy atom. The van der Waals surface area contributed by atoms with E-state index in [9.17, 15) is 14.4 Å². The van der Waals surface area contributed by atoms with Gasteiger partial charge in [-0.15, -0.1) is 0 Å². The monoisotopic (exact) mass is 357 g/mol. The molecule has 2 heterocycles. The maximum absolute atomic E-state index is 12.8. The molecule has 3 rings (SSSR count). The van der Waals surface area contributed by atoms with Gasteiger partial charge in [-0.05, 0) is 36.8 Å². The number of carbonyl (C=O) groups is 3. The number of piperazine rings is 2. The third-order valence-corrected chi connectivity index (χ3v) is 4.61. The number of amides is 3. The molecule has 3 amide bonds. The Morgan fingerprint density at radius 3 is 2.58 bits per heavy atom. The zero-order chi connectivity index (χ0) is 18.8. The average Bonchev–Trinajstić information content (AvgIpc) is 2.64. The topological polar surface area (TPSA) is 70.2 Å². The summed E-state index contributed by atoms with van der Waals surface area (Å²) in [4.78, 5) is 41.8. The number of rotatable bonds is 4. The Kier molecular flexibility index (Phi) is 4.97. The van der Waals surface area contributed by atoms with E-state index in [1.165, 1.54) is 4.90 Å². The first-order valence-corrected chi connectivity index (χ1v) is 8.58. The zero-order valence-electron chi connectivity index (χ0n) is 15.1. The molecule has 7 heteroatoms. The van der Waals surface area contributed by atoms with Crippen LogP contribution in [0.2, 0.25) is 0 Å². The van der Waals surface area contributed by atoms with Gasteiger partial charge in [0.05, 0.1) is 13.1 Å². The Bertz CT molecular complexity index is 744. The lowest BCUT2D eigenvalue weighted by molar-refractivity contribution is -0.157. The lowest BCUT2D eigenvalue weighted by atomic mass is 10.1. The Morgan fingerprint density at radius 1 is 1.23 bits per heavy atom. The number of hydrogen-bond donors (Lipinski definition) is 0. The second-order valence-electron chi connectivity index (χ2n) is 6.82. The summed E-state index contributed by atoms with van der Waals surface area (Å²) in [7, 11) is 1.61. The zero-order valence-corrected chi connectivity index (χ0v) is 15.1. The van der Waals surface area contributed by atoms with Crippen molar-refractivity contribution in [2.24, 2.45) is 0 Å². The molecule has 1 unspecified atom stereocenters. The molecule has 138 valence electrons. The average molecular weight is 357 g/mol. The summed E-state index contributed by atoms with van der Waals surface area (Å²) in [5.41, 5.74) is 1.45. The van der Waals surface area contributed by atoms with Crippen LogP contribution in [0.15, 0.2) is 36.4 Å². The second-order valence-corrected chi connectivity index (χ2v) is 6.82. The van der Waals surface area contributed by atoms with Crippen LogP contribution < -0.4 is 4.74 Å². The third kappa shape index (κ3) is 3.56. The molecule has 1 atom stereocenters. The van der Waals surface area contributed by atoms with Gasteiger partial charge >= 0.3 is 0 Å². The summed E-state index contributed by atoms with van der Waals surface area (Å²) in [6, 6.07) is 6.33. The maximum atomic E-state index is 12.8. The number of fused-ring (bicyclic) bond motifs is 1. The first-order chi connectivity index (χ1) is 12.4. The molecule has 1 aromatic carbocycles. The fourth-order valence-electron chi connectivity index (χ4n) is 3.19. The van der Waals surface area contributed by atoms with Crippen LogP contribution in [0.4, 0.5) is 0 Å². The minimum Gasteiger partial charge on any atom is -0.489 e. The van der Waals surface area contributed by atoms with E-state index >= 15 is 0 Å². The summed E-state index contributed by atoms with van der Waals surface area (Å²) in [5, 5.41) is 0. The van der Waals surface area contributed by atoms with Crippen LogP contribution in [0.1, 0.15) is 17.3 Å².